The highest BCUT2D eigenvalue weighted by Crippen LogP contribution is 2.39. The Morgan fingerprint density at radius 3 is 2.58 bits per heavy atom. The fraction of sp³-hybridized carbons (Fsp3) is 0.158. The number of para-hydroxylation sites is 1. The second-order valence-electron chi connectivity index (χ2n) is 5.32. The molecule has 2 aromatic rings. The van der Waals surface area contributed by atoms with Crippen LogP contribution >= 0.6 is 23.4 Å². The molecule has 1 aliphatic rings. The molecule has 1 saturated heterocycles. The molecule has 0 bridgehead atoms. The second kappa shape index (κ2) is 7.85. The van der Waals surface area contributed by atoms with Crippen molar-refractivity contribution < 1.29 is 19.1 Å². The van der Waals surface area contributed by atoms with Crippen LogP contribution in [0.2, 0.25) is 5.02 Å². The number of amides is 2. The average Bonchev–Trinajstić information content (AvgIpc) is 2.91. The summed E-state index contributed by atoms with van der Waals surface area (Å²) in [5.41, 5.74) is 1.19. The molecule has 0 N–H and O–H groups in total. The Balaban J connectivity index is 1.95. The average molecular weight is 390 g/mol. The Hall–Kier alpha value is -2.44. The van der Waals surface area contributed by atoms with Gasteiger partial charge in [-0.3, -0.25) is 9.59 Å². The summed E-state index contributed by atoms with van der Waals surface area (Å²) in [7, 11) is 1.52. The molecular weight excluding hydrogens is 374 g/mol. The van der Waals surface area contributed by atoms with Gasteiger partial charge in [-0.1, -0.05) is 29.8 Å². The van der Waals surface area contributed by atoms with E-state index in [0.29, 0.717) is 39.3 Å². The fourth-order valence-corrected chi connectivity index (χ4v) is 3.64. The minimum absolute atomic E-state index is 0.320. The molecule has 1 fully saturated rings. The number of imide groups is 1. The topological polar surface area (TPSA) is 55.8 Å². The van der Waals surface area contributed by atoms with E-state index in [1.165, 1.54) is 7.11 Å². The normalized spacial score (nSPS) is 15.7. The number of hydrogen-bond donors (Lipinski definition) is 0. The SMILES string of the molecule is CCOc1c(Cl)cc(/C=C2/SC(=O)N(c3ccccc3)C2=O)cc1OC. The highest BCUT2D eigenvalue weighted by atomic mass is 35.5. The molecule has 2 aromatic carbocycles. The van der Waals surface area contributed by atoms with E-state index in [9.17, 15) is 9.59 Å². The van der Waals surface area contributed by atoms with Gasteiger partial charge in [-0.2, -0.15) is 0 Å². The maximum atomic E-state index is 12.7. The molecule has 5 nitrogen and oxygen atoms in total. The molecule has 134 valence electrons. The van der Waals surface area contributed by atoms with E-state index in [1.54, 1.807) is 42.5 Å². The summed E-state index contributed by atoms with van der Waals surface area (Å²) >= 11 is 7.15. The molecular formula is C19H16ClNO4S. The van der Waals surface area contributed by atoms with Crippen molar-refractivity contribution >= 4 is 46.3 Å². The molecule has 0 unspecified atom stereocenters. The van der Waals surface area contributed by atoms with Crippen LogP contribution in [0.3, 0.4) is 0 Å². The zero-order valence-electron chi connectivity index (χ0n) is 14.2. The molecule has 1 heterocycles. The lowest BCUT2D eigenvalue weighted by Crippen LogP contribution is -2.27. The van der Waals surface area contributed by atoms with Crippen LogP contribution in [0.15, 0.2) is 47.4 Å². The Morgan fingerprint density at radius 1 is 1.19 bits per heavy atom. The van der Waals surface area contributed by atoms with Crippen molar-refractivity contribution in [2.45, 2.75) is 6.92 Å². The lowest BCUT2D eigenvalue weighted by Gasteiger charge is -2.12. The van der Waals surface area contributed by atoms with Crippen molar-refractivity contribution in [3.8, 4) is 11.5 Å². The Bertz CT molecular complexity index is 883. The van der Waals surface area contributed by atoms with Gasteiger partial charge in [0.2, 0.25) is 0 Å². The zero-order chi connectivity index (χ0) is 18.7. The summed E-state index contributed by atoms with van der Waals surface area (Å²) in [4.78, 5) is 26.4. The van der Waals surface area contributed by atoms with Gasteiger partial charge in [0.1, 0.15) is 0 Å². The molecule has 3 rings (SSSR count). The van der Waals surface area contributed by atoms with Crippen molar-refractivity contribution in [3.63, 3.8) is 0 Å². The largest absolute Gasteiger partial charge is 0.493 e. The first-order chi connectivity index (χ1) is 12.5. The molecule has 0 aliphatic carbocycles. The summed E-state index contributed by atoms with van der Waals surface area (Å²) in [6.07, 6.45) is 1.62. The first-order valence-corrected chi connectivity index (χ1v) is 9.08. The van der Waals surface area contributed by atoms with Gasteiger partial charge in [0.05, 0.1) is 29.3 Å². The number of carbonyl (C=O) groups is 2. The van der Waals surface area contributed by atoms with Gasteiger partial charge in [-0.15, -0.1) is 0 Å². The monoisotopic (exact) mass is 389 g/mol. The zero-order valence-corrected chi connectivity index (χ0v) is 15.8. The molecule has 0 atom stereocenters. The van der Waals surface area contributed by atoms with Gasteiger partial charge in [0, 0.05) is 0 Å². The molecule has 0 spiro atoms. The molecule has 2 amide bonds. The van der Waals surface area contributed by atoms with E-state index in [0.717, 1.165) is 16.7 Å². The van der Waals surface area contributed by atoms with Gasteiger partial charge in [-0.05, 0) is 54.6 Å². The molecule has 0 radical (unpaired) electrons. The fourth-order valence-electron chi connectivity index (χ4n) is 2.53. The maximum absolute atomic E-state index is 12.7. The molecule has 0 aromatic heterocycles. The molecule has 0 saturated carbocycles. The third-order valence-corrected chi connectivity index (χ3v) is 4.80. The number of hydrogen-bond acceptors (Lipinski definition) is 5. The van der Waals surface area contributed by atoms with E-state index >= 15 is 0 Å². The van der Waals surface area contributed by atoms with Crippen LogP contribution in [-0.2, 0) is 4.79 Å². The van der Waals surface area contributed by atoms with Crippen LogP contribution in [-0.4, -0.2) is 24.9 Å². The van der Waals surface area contributed by atoms with Crippen molar-refractivity contribution in [3.05, 3.63) is 58.0 Å². The number of halogens is 1. The lowest BCUT2D eigenvalue weighted by atomic mass is 10.1. The third-order valence-electron chi connectivity index (χ3n) is 3.65. The molecule has 1 aliphatic heterocycles. The Labute approximate surface area is 160 Å². The number of rotatable bonds is 5. The third kappa shape index (κ3) is 3.57. The number of anilines is 1. The number of methoxy groups -OCH3 is 1. The van der Waals surface area contributed by atoms with Crippen molar-refractivity contribution in [2.75, 3.05) is 18.6 Å². The summed E-state index contributed by atoms with van der Waals surface area (Å²) in [6.45, 7) is 2.30. The Kier molecular flexibility index (Phi) is 5.54. The smallest absolute Gasteiger partial charge is 0.298 e. The first kappa shape index (κ1) is 18.4. The van der Waals surface area contributed by atoms with Gasteiger partial charge < -0.3 is 9.47 Å². The number of nitrogens with zero attached hydrogens (tertiary/aromatic N) is 1. The molecule has 26 heavy (non-hydrogen) atoms. The summed E-state index contributed by atoms with van der Waals surface area (Å²) < 4.78 is 10.8. The number of ether oxygens (including phenoxy) is 2. The van der Waals surface area contributed by atoms with Crippen molar-refractivity contribution in [2.24, 2.45) is 0 Å². The van der Waals surface area contributed by atoms with E-state index < -0.39 is 0 Å². The van der Waals surface area contributed by atoms with Crippen molar-refractivity contribution in [1.82, 2.24) is 0 Å². The van der Waals surface area contributed by atoms with Crippen LogP contribution in [0, 0.1) is 0 Å². The van der Waals surface area contributed by atoms with Crippen LogP contribution in [0.4, 0.5) is 10.5 Å². The summed E-state index contributed by atoms with van der Waals surface area (Å²) in [5.74, 6) is 0.550. The van der Waals surface area contributed by atoms with Gasteiger partial charge in [0.25, 0.3) is 11.1 Å². The first-order valence-electron chi connectivity index (χ1n) is 7.88. The quantitative estimate of drug-likeness (QED) is 0.674. The number of carbonyl (C=O) groups excluding carboxylic acids is 2. The minimum atomic E-state index is -0.366. The predicted octanol–water partition coefficient (Wildman–Crippen LogP) is 4.99. The standard InChI is InChI=1S/C19H16ClNO4S/c1-3-25-17-14(20)9-12(10-15(17)24-2)11-16-18(22)21(19(23)26-16)13-7-5-4-6-8-13/h4-11H,3H2,1-2H3/b16-11+. The summed E-state index contributed by atoms with van der Waals surface area (Å²) in [5, 5.41) is 0.0381. The van der Waals surface area contributed by atoms with E-state index in [4.69, 9.17) is 21.1 Å². The van der Waals surface area contributed by atoms with E-state index in [1.807, 2.05) is 13.0 Å². The maximum Gasteiger partial charge on any atom is 0.298 e. The van der Waals surface area contributed by atoms with Crippen LogP contribution in [0.1, 0.15) is 12.5 Å². The van der Waals surface area contributed by atoms with Crippen LogP contribution in [0.5, 0.6) is 11.5 Å². The van der Waals surface area contributed by atoms with E-state index in [-0.39, 0.29) is 11.1 Å². The van der Waals surface area contributed by atoms with Crippen LogP contribution in [0.25, 0.3) is 6.08 Å². The summed E-state index contributed by atoms with van der Waals surface area (Å²) in [6, 6.07) is 12.2. The highest BCUT2D eigenvalue weighted by molar-refractivity contribution is 8.19. The van der Waals surface area contributed by atoms with Gasteiger partial charge in [0.15, 0.2) is 11.5 Å². The highest BCUT2D eigenvalue weighted by Gasteiger charge is 2.36. The lowest BCUT2D eigenvalue weighted by molar-refractivity contribution is -0.113. The number of benzene rings is 2. The Morgan fingerprint density at radius 2 is 1.92 bits per heavy atom. The second-order valence-corrected chi connectivity index (χ2v) is 6.72. The van der Waals surface area contributed by atoms with Gasteiger partial charge >= 0.3 is 0 Å². The predicted molar refractivity (Wildman–Crippen MR) is 104 cm³/mol. The van der Waals surface area contributed by atoms with Crippen molar-refractivity contribution in [1.29, 1.82) is 0 Å². The van der Waals surface area contributed by atoms with Crippen LogP contribution < -0.4 is 14.4 Å². The molecule has 7 heteroatoms. The number of thioether (sulfide) groups is 1. The van der Waals surface area contributed by atoms with E-state index in [2.05, 4.69) is 0 Å². The minimum Gasteiger partial charge on any atom is -0.493 e. The van der Waals surface area contributed by atoms with Gasteiger partial charge in [-0.25, -0.2) is 4.90 Å².